The zero-order chi connectivity index (χ0) is 23.5. The van der Waals surface area contributed by atoms with Crippen molar-refractivity contribution in [3.05, 3.63) is 45.7 Å². The van der Waals surface area contributed by atoms with E-state index in [-0.39, 0.29) is 5.56 Å². The van der Waals surface area contributed by atoms with E-state index in [1.807, 2.05) is 28.8 Å². The summed E-state index contributed by atoms with van der Waals surface area (Å²) in [6, 6.07) is 7.84. The third kappa shape index (κ3) is 3.91. The number of nitrogens with zero attached hydrogens (tertiary/aromatic N) is 1. The first-order chi connectivity index (χ1) is 16.1. The minimum atomic E-state index is -0.0755. The molecule has 0 saturated heterocycles. The molecule has 0 radical (unpaired) electrons. The zero-order valence-corrected chi connectivity index (χ0v) is 20.0. The van der Waals surface area contributed by atoms with Crippen LogP contribution in [0, 0.1) is 0 Å². The minimum Gasteiger partial charge on any atom is -0.493 e. The van der Waals surface area contributed by atoms with Gasteiger partial charge in [0.25, 0.3) is 5.56 Å². The Balaban J connectivity index is 2.04. The molecular formula is C26H32N2O5. The number of nitrogens with one attached hydrogen (secondary N) is 1. The first-order valence-electron chi connectivity index (χ1n) is 11.4. The number of pyridine rings is 1. The average molecular weight is 453 g/mol. The van der Waals surface area contributed by atoms with Crippen LogP contribution in [0.15, 0.2) is 29.1 Å². The van der Waals surface area contributed by atoms with E-state index < -0.39 is 0 Å². The van der Waals surface area contributed by atoms with Crippen LogP contribution in [-0.4, -0.2) is 39.6 Å². The molecule has 7 heteroatoms. The van der Waals surface area contributed by atoms with Crippen LogP contribution in [0.5, 0.6) is 23.0 Å². The highest BCUT2D eigenvalue weighted by Crippen LogP contribution is 2.43. The lowest BCUT2D eigenvalue weighted by Crippen LogP contribution is -2.29. The Morgan fingerprint density at radius 3 is 2.36 bits per heavy atom. The molecule has 0 fully saturated rings. The van der Waals surface area contributed by atoms with Gasteiger partial charge in [0.2, 0.25) is 0 Å². The number of rotatable bonds is 9. The molecular weight excluding hydrogens is 420 g/mol. The molecule has 33 heavy (non-hydrogen) atoms. The van der Waals surface area contributed by atoms with Gasteiger partial charge in [-0.3, -0.25) is 4.79 Å². The van der Waals surface area contributed by atoms with Gasteiger partial charge in [-0.05, 0) is 60.2 Å². The third-order valence-electron chi connectivity index (χ3n) is 6.36. The van der Waals surface area contributed by atoms with Crippen LogP contribution in [-0.2, 0) is 19.5 Å². The van der Waals surface area contributed by atoms with Gasteiger partial charge in [-0.2, -0.15) is 0 Å². The molecule has 2 heterocycles. The minimum absolute atomic E-state index is 0.0755. The lowest BCUT2D eigenvalue weighted by Gasteiger charge is -2.27. The second kappa shape index (κ2) is 9.75. The quantitative estimate of drug-likeness (QED) is 0.492. The Labute approximate surface area is 194 Å². The first-order valence-corrected chi connectivity index (χ1v) is 11.4. The largest absolute Gasteiger partial charge is 0.493 e. The van der Waals surface area contributed by atoms with Crippen molar-refractivity contribution in [2.24, 2.45) is 0 Å². The van der Waals surface area contributed by atoms with Gasteiger partial charge in [-0.25, -0.2) is 0 Å². The zero-order valence-electron chi connectivity index (χ0n) is 20.0. The summed E-state index contributed by atoms with van der Waals surface area (Å²) in [5, 5.41) is 4.99. The number of hydrogen-bond donors (Lipinski definition) is 1. The summed E-state index contributed by atoms with van der Waals surface area (Å²) >= 11 is 0. The topological polar surface area (TPSA) is 71.0 Å². The van der Waals surface area contributed by atoms with Gasteiger partial charge in [-0.1, -0.05) is 13.3 Å². The normalized spacial score (nSPS) is 12.3. The van der Waals surface area contributed by atoms with E-state index in [0.717, 1.165) is 53.6 Å². The summed E-state index contributed by atoms with van der Waals surface area (Å²) in [4.78, 5) is 13.8. The molecule has 1 aromatic heterocycles. The van der Waals surface area contributed by atoms with E-state index in [1.165, 1.54) is 0 Å². The highest BCUT2D eigenvalue weighted by atomic mass is 16.5. The van der Waals surface area contributed by atoms with Gasteiger partial charge >= 0.3 is 0 Å². The average Bonchev–Trinajstić information content (AvgIpc) is 2.85. The van der Waals surface area contributed by atoms with Crippen LogP contribution >= 0.6 is 0 Å². The van der Waals surface area contributed by atoms with Crippen molar-refractivity contribution in [1.29, 1.82) is 0 Å². The second-order valence-corrected chi connectivity index (χ2v) is 8.15. The molecule has 0 amide bonds. The van der Waals surface area contributed by atoms with E-state index in [0.29, 0.717) is 41.5 Å². The molecule has 1 aliphatic rings. The number of hydrogen-bond acceptors (Lipinski definition) is 6. The number of methoxy groups -OCH3 is 4. The lowest BCUT2D eigenvalue weighted by molar-refractivity contribution is 0.354. The molecule has 1 aliphatic heterocycles. The summed E-state index contributed by atoms with van der Waals surface area (Å²) in [6.45, 7) is 4.29. The van der Waals surface area contributed by atoms with Crippen LogP contribution in [0.2, 0.25) is 0 Å². The fourth-order valence-electron chi connectivity index (χ4n) is 4.71. The summed E-state index contributed by atoms with van der Waals surface area (Å²) in [6.07, 6.45) is 2.93. The summed E-state index contributed by atoms with van der Waals surface area (Å²) in [5.41, 5.74) is 4.05. The lowest BCUT2D eigenvalue weighted by atomic mass is 9.90. The van der Waals surface area contributed by atoms with Gasteiger partial charge in [0.05, 0.1) is 39.5 Å². The number of ether oxygens (including phenoxy) is 4. The fourth-order valence-corrected chi connectivity index (χ4v) is 4.71. The maximum absolute atomic E-state index is 13.8. The van der Waals surface area contributed by atoms with Gasteiger partial charge in [0, 0.05) is 18.7 Å². The van der Waals surface area contributed by atoms with Crippen LogP contribution in [0.1, 0.15) is 30.9 Å². The van der Waals surface area contributed by atoms with Crippen LogP contribution in [0.3, 0.4) is 0 Å². The SMILES string of the molecule is CCCCNCc1c2n(c(=O)c3c(OC)c(OC)ccc13)CCc1cc(OC)c(OC)cc1-2. The van der Waals surface area contributed by atoms with Crippen molar-refractivity contribution in [1.82, 2.24) is 9.88 Å². The molecule has 1 N–H and O–H groups in total. The summed E-state index contributed by atoms with van der Waals surface area (Å²) < 4.78 is 24.1. The molecule has 0 saturated carbocycles. The first kappa shape index (κ1) is 23.0. The summed E-state index contributed by atoms with van der Waals surface area (Å²) in [5.74, 6) is 2.37. The molecule has 7 nitrogen and oxygen atoms in total. The third-order valence-corrected chi connectivity index (χ3v) is 6.36. The van der Waals surface area contributed by atoms with Crippen LogP contribution in [0.4, 0.5) is 0 Å². The van der Waals surface area contributed by atoms with Gasteiger partial charge in [0.15, 0.2) is 23.0 Å². The molecule has 3 aromatic rings. The molecule has 0 spiro atoms. The van der Waals surface area contributed by atoms with Crippen molar-refractivity contribution < 1.29 is 18.9 Å². The number of unbranched alkanes of at least 4 members (excludes halogenated alkanes) is 1. The Bertz CT molecular complexity index is 1230. The van der Waals surface area contributed by atoms with Gasteiger partial charge in [0.1, 0.15) is 0 Å². The number of aromatic nitrogens is 1. The highest BCUT2D eigenvalue weighted by molar-refractivity contribution is 5.96. The van der Waals surface area contributed by atoms with E-state index in [2.05, 4.69) is 12.2 Å². The van der Waals surface area contributed by atoms with Crippen molar-refractivity contribution in [2.45, 2.75) is 39.3 Å². The summed E-state index contributed by atoms with van der Waals surface area (Å²) in [7, 11) is 6.43. The molecule has 176 valence electrons. The monoisotopic (exact) mass is 452 g/mol. The van der Waals surface area contributed by atoms with E-state index in [9.17, 15) is 4.79 Å². The smallest absolute Gasteiger partial charge is 0.262 e. The van der Waals surface area contributed by atoms with Crippen molar-refractivity contribution in [2.75, 3.05) is 35.0 Å². The molecule has 0 unspecified atom stereocenters. The standard InChI is InChI=1S/C26H32N2O5/c1-6-7-11-27-15-19-17-8-9-20(30-2)25(33-5)23(17)26(29)28-12-10-16-13-21(31-3)22(32-4)14-18(16)24(19)28/h8-9,13-14,27H,6-7,10-12,15H2,1-5H3. The predicted molar refractivity (Wildman–Crippen MR) is 130 cm³/mol. The highest BCUT2D eigenvalue weighted by Gasteiger charge is 2.27. The predicted octanol–water partition coefficient (Wildman–Crippen LogP) is 4.15. The van der Waals surface area contributed by atoms with Crippen molar-refractivity contribution in [3.8, 4) is 34.3 Å². The number of benzene rings is 2. The van der Waals surface area contributed by atoms with Gasteiger partial charge < -0.3 is 28.8 Å². The maximum Gasteiger partial charge on any atom is 0.262 e. The van der Waals surface area contributed by atoms with E-state index in [4.69, 9.17) is 18.9 Å². The second-order valence-electron chi connectivity index (χ2n) is 8.15. The van der Waals surface area contributed by atoms with E-state index in [1.54, 1.807) is 28.4 Å². The molecule has 2 aromatic carbocycles. The number of aryl methyl sites for hydroxylation is 1. The Hall–Kier alpha value is -3.19. The molecule has 0 atom stereocenters. The fraction of sp³-hybridized carbons (Fsp3) is 0.423. The Morgan fingerprint density at radius 1 is 0.970 bits per heavy atom. The van der Waals surface area contributed by atoms with Crippen molar-refractivity contribution >= 4 is 10.8 Å². The molecule has 0 aliphatic carbocycles. The molecule has 4 rings (SSSR count). The molecule has 0 bridgehead atoms. The Morgan fingerprint density at radius 2 is 1.70 bits per heavy atom. The van der Waals surface area contributed by atoms with Gasteiger partial charge in [-0.15, -0.1) is 0 Å². The van der Waals surface area contributed by atoms with Crippen molar-refractivity contribution in [3.63, 3.8) is 0 Å². The Kier molecular flexibility index (Phi) is 6.79. The number of fused-ring (bicyclic) bond motifs is 4. The van der Waals surface area contributed by atoms with Crippen LogP contribution < -0.4 is 29.8 Å². The van der Waals surface area contributed by atoms with Crippen LogP contribution in [0.25, 0.3) is 22.0 Å². The maximum atomic E-state index is 13.8. The van der Waals surface area contributed by atoms with E-state index >= 15 is 0 Å².